The Hall–Kier alpha value is -4.85. The monoisotopic (exact) mass is 493 g/mol. The van der Waals surface area contributed by atoms with Crippen molar-refractivity contribution in [3.05, 3.63) is 101 Å². The van der Waals surface area contributed by atoms with Gasteiger partial charge in [0.15, 0.2) is 23.0 Å². The molecule has 0 spiro atoms. The predicted molar refractivity (Wildman–Crippen MR) is 137 cm³/mol. The molecule has 0 fully saturated rings. The van der Waals surface area contributed by atoms with Crippen LogP contribution in [0.3, 0.4) is 0 Å². The number of hydrogen-bond acceptors (Lipinski definition) is 6. The maximum Gasteiger partial charge on any atom is 0.287 e. The lowest BCUT2D eigenvalue weighted by Gasteiger charge is -2.05. The van der Waals surface area contributed by atoms with Crippen LogP contribution < -0.4 is 14.8 Å². The molecule has 2 N–H and O–H groups in total. The minimum Gasteiger partial charge on any atom is -0.455 e. The summed E-state index contributed by atoms with van der Waals surface area (Å²) in [5, 5.41) is 2.90. The van der Waals surface area contributed by atoms with E-state index >= 15 is 0 Å². The van der Waals surface area contributed by atoms with E-state index < -0.39 is 0 Å². The van der Waals surface area contributed by atoms with Gasteiger partial charge in [0.1, 0.15) is 11.6 Å². The van der Waals surface area contributed by atoms with Crippen LogP contribution in [-0.4, -0.2) is 28.5 Å². The van der Waals surface area contributed by atoms with Gasteiger partial charge < -0.3 is 24.2 Å². The predicted octanol–water partition coefficient (Wildman–Crippen LogP) is 5.33. The second kappa shape index (κ2) is 8.98. The van der Waals surface area contributed by atoms with Gasteiger partial charge in [-0.15, -0.1) is 0 Å². The lowest BCUT2D eigenvalue weighted by Crippen LogP contribution is -2.23. The number of imidazole rings is 1. The number of hydrogen-bond donors (Lipinski definition) is 2. The number of aryl methyl sites for hydroxylation is 1. The molecule has 1 amide bonds. The summed E-state index contributed by atoms with van der Waals surface area (Å²) in [5.41, 5.74) is 4.91. The Morgan fingerprint density at radius 1 is 0.946 bits per heavy atom. The van der Waals surface area contributed by atoms with Crippen molar-refractivity contribution in [2.24, 2.45) is 0 Å². The van der Waals surface area contributed by atoms with E-state index in [1.807, 2.05) is 49.4 Å². The summed E-state index contributed by atoms with van der Waals surface area (Å²) in [7, 11) is 0. The Labute approximate surface area is 212 Å². The second-order valence-corrected chi connectivity index (χ2v) is 8.87. The summed E-state index contributed by atoms with van der Waals surface area (Å²) < 4.78 is 16.6. The molecule has 0 bridgehead atoms. The SMILES string of the molecule is Cc1oc(C(=O)NCc2ccc3c(c2)OCO3)c(C)c1-c1nc2cc(C(=O)c3ccccc3)ccc2[nH]1. The van der Waals surface area contributed by atoms with Crippen LogP contribution in [0, 0.1) is 13.8 Å². The number of nitrogens with zero attached hydrogens (tertiary/aromatic N) is 1. The zero-order valence-electron chi connectivity index (χ0n) is 20.3. The minimum atomic E-state index is -0.323. The molecule has 0 radical (unpaired) electrons. The number of benzene rings is 3. The molecule has 1 aliphatic rings. The number of nitrogens with one attached hydrogen (secondary N) is 2. The summed E-state index contributed by atoms with van der Waals surface area (Å²) in [6.07, 6.45) is 0. The maximum atomic E-state index is 13.0. The summed E-state index contributed by atoms with van der Waals surface area (Å²) in [5.74, 6) is 2.35. The molecule has 6 rings (SSSR count). The quantitative estimate of drug-likeness (QED) is 0.310. The average molecular weight is 494 g/mol. The van der Waals surface area contributed by atoms with Crippen LogP contribution in [0.25, 0.3) is 22.4 Å². The molecule has 0 unspecified atom stereocenters. The largest absolute Gasteiger partial charge is 0.455 e. The number of amides is 1. The second-order valence-electron chi connectivity index (χ2n) is 8.87. The third kappa shape index (κ3) is 4.12. The molecule has 37 heavy (non-hydrogen) atoms. The fraction of sp³-hybridized carbons (Fsp3) is 0.138. The summed E-state index contributed by atoms with van der Waals surface area (Å²) >= 11 is 0. The Bertz CT molecular complexity index is 1670. The molecular weight excluding hydrogens is 470 g/mol. The Balaban J connectivity index is 1.24. The number of H-pyrrole nitrogens is 1. The van der Waals surface area contributed by atoms with Gasteiger partial charge in [0.05, 0.1) is 16.6 Å². The molecule has 184 valence electrons. The third-order valence-electron chi connectivity index (χ3n) is 6.44. The van der Waals surface area contributed by atoms with E-state index in [-0.39, 0.29) is 24.2 Å². The van der Waals surface area contributed by atoms with Crippen molar-refractivity contribution in [1.82, 2.24) is 15.3 Å². The molecule has 0 saturated heterocycles. The standard InChI is InChI=1S/C29H23N3O5/c1-16-25(17(2)37-27(16)29(34)30-14-18-8-11-23-24(12-18)36-15-35-23)28-31-21-10-9-20(13-22(21)32-28)26(33)19-6-4-3-5-7-19/h3-13H,14-15H2,1-2H3,(H,30,34)(H,31,32). The summed E-state index contributed by atoms with van der Waals surface area (Å²) in [6.45, 7) is 4.14. The first-order valence-corrected chi connectivity index (χ1v) is 11.8. The fourth-order valence-electron chi connectivity index (χ4n) is 4.55. The van der Waals surface area contributed by atoms with Crippen molar-refractivity contribution in [3.8, 4) is 22.9 Å². The number of rotatable bonds is 6. The van der Waals surface area contributed by atoms with Gasteiger partial charge in [-0.25, -0.2) is 4.98 Å². The van der Waals surface area contributed by atoms with Crippen molar-refractivity contribution < 1.29 is 23.5 Å². The first kappa shape index (κ1) is 22.6. The van der Waals surface area contributed by atoms with Gasteiger partial charge in [0.2, 0.25) is 6.79 Å². The van der Waals surface area contributed by atoms with E-state index in [2.05, 4.69) is 10.3 Å². The van der Waals surface area contributed by atoms with Crippen LogP contribution in [-0.2, 0) is 6.54 Å². The highest BCUT2D eigenvalue weighted by Crippen LogP contribution is 2.33. The zero-order chi connectivity index (χ0) is 25.5. The molecule has 1 aliphatic heterocycles. The van der Waals surface area contributed by atoms with Crippen LogP contribution in [0.2, 0.25) is 0 Å². The van der Waals surface area contributed by atoms with E-state index in [1.54, 1.807) is 31.2 Å². The molecule has 3 aromatic carbocycles. The number of carbonyl (C=O) groups is 2. The Morgan fingerprint density at radius 3 is 2.59 bits per heavy atom. The van der Waals surface area contributed by atoms with Crippen LogP contribution in [0.1, 0.15) is 43.4 Å². The molecule has 0 atom stereocenters. The number of aromatic nitrogens is 2. The molecule has 8 nitrogen and oxygen atoms in total. The van der Waals surface area contributed by atoms with Gasteiger partial charge in [0, 0.05) is 23.2 Å². The van der Waals surface area contributed by atoms with Gasteiger partial charge in [-0.3, -0.25) is 9.59 Å². The van der Waals surface area contributed by atoms with Gasteiger partial charge in [-0.05, 0) is 49.7 Å². The van der Waals surface area contributed by atoms with Crippen molar-refractivity contribution in [2.75, 3.05) is 6.79 Å². The topological polar surface area (TPSA) is 106 Å². The average Bonchev–Trinajstić information content (AvgIpc) is 3.63. The Morgan fingerprint density at radius 2 is 1.76 bits per heavy atom. The maximum absolute atomic E-state index is 13.0. The van der Waals surface area contributed by atoms with Crippen molar-refractivity contribution in [2.45, 2.75) is 20.4 Å². The highest BCUT2D eigenvalue weighted by atomic mass is 16.7. The van der Waals surface area contributed by atoms with Crippen LogP contribution >= 0.6 is 0 Å². The zero-order valence-corrected chi connectivity index (χ0v) is 20.3. The summed E-state index contributed by atoms with van der Waals surface area (Å²) in [6, 6.07) is 20.1. The van der Waals surface area contributed by atoms with Crippen molar-refractivity contribution >= 4 is 22.7 Å². The molecule has 8 heteroatoms. The van der Waals surface area contributed by atoms with Crippen LogP contribution in [0.15, 0.2) is 71.1 Å². The number of carbonyl (C=O) groups excluding carboxylic acids is 2. The van der Waals surface area contributed by atoms with E-state index in [9.17, 15) is 9.59 Å². The first-order valence-electron chi connectivity index (χ1n) is 11.8. The molecule has 5 aromatic rings. The molecular formula is C29H23N3O5. The van der Waals surface area contributed by atoms with Crippen molar-refractivity contribution in [3.63, 3.8) is 0 Å². The van der Waals surface area contributed by atoms with Gasteiger partial charge in [-0.1, -0.05) is 36.4 Å². The van der Waals surface area contributed by atoms with E-state index in [1.165, 1.54) is 0 Å². The van der Waals surface area contributed by atoms with E-state index in [0.717, 1.165) is 16.6 Å². The first-order chi connectivity index (χ1) is 18.0. The number of furan rings is 1. The van der Waals surface area contributed by atoms with Crippen LogP contribution in [0.4, 0.5) is 0 Å². The minimum absolute atomic E-state index is 0.0656. The van der Waals surface area contributed by atoms with E-state index in [0.29, 0.717) is 51.8 Å². The smallest absolute Gasteiger partial charge is 0.287 e. The number of ketones is 1. The fourth-order valence-corrected chi connectivity index (χ4v) is 4.55. The number of ether oxygens (including phenoxy) is 2. The molecule has 3 heterocycles. The molecule has 0 aliphatic carbocycles. The number of aromatic amines is 1. The van der Waals surface area contributed by atoms with Gasteiger partial charge in [0.25, 0.3) is 5.91 Å². The lowest BCUT2D eigenvalue weighted by atomic mass is 10.0. The highest BCUT2D eigenvalue weighted by Gasteiger charge is 2.24. The van der Waals surface area contributed by atoms with Gasteiger partial charge in [-0.2, -0.15) is 0 Å². The molecule has 0 saturated carbocycles. The number of fused-ring (bicyclic) bond motifs is 2. The summed E-state index contributed by atoms with van der Waals surface area (Å²) in [4.78, 5) is 33.8. The highest BCUT2D eigenvalue weighted by molar-refractivity contribution is 6.10. The van der Waals surface area contributed by atoms with Gasteiger partial charge >= 0.3 is 0 Å². The lowest BCUT2D eigenvalue weighted by molar-refractivity contribution is 0.0920. The normalized spacial score (nSPS) is 12.2. The van der Waals surface area contributed by atoms with Crippen LogP contribution in [0.5, 0.6) is 11.5 Å². The molecule has 2 aromatic heterocycles. The van der Waals surface area contributed by atoms with Crippen molar-refractivity contribution in [1.29, 1.82) is 0 Å². The Kier molecular flexibility index (Phi) is 5.49. The van der Waals surface area contributed by atoms with E-state index in [4.69, 9.17) is 18.9 Å². The third-order valence-corrected chi connectivity index (χ3v) is 6.44.